The molecule has 3 rings (SSSR count). The van der Waals surface area contributed by atoms with Gasteiger partial charge in [0, 0.05) is 7.05 Å². The Labute approximate surface area is 166 Å². The summed E-state index contributed by atoms with van der Waals surface area (Å²) in [7, 11) is 1.43. The minimum absolute atomic E-state index is 0.0525. The third-order valence-electron chi connectivity index (χ3n) is 4.22. The van der Waals surface area contributed by atoms with Crippen LogP contribution >= 0.6 is 11.8 Å². The van der Waals surface area contributed by atoms with Crippen molar-refractivity contribution in [1.29, 1.82) is 0 Å². The lowest BCUT2D eigenvalue weighted by molar-refractivity contribution is -0.117. The molecular formula is C20H20N4O3S. The predicted octanol–water partition coefficient (Wildman–Crippen LogP) is 2.55. The fraction of sp³-hybridized carbons (Fsp3) is 0.200. The number of rotatable bonds is 4. The molecule has 0 saturated heterocycles. The van der Waals surface area contributed by atoms with Gasteiger partial charge in [0.05, 0.1) is 22.3 Å². The molecule has 3 amide bonds. The Kier molecular flexibility index (Phi) is 5.79. The first kappa shape index (κ1) is 19.6. The van der Waals surface area contributed by atoms with E-state index in [1.807, 2.05) is 38.1 Å². The van der Waals surface area contributed by atoms with Crippen molar-refractivity contribution in [1.82, 2.24) is 20.2 Å². The van der Waals surface area contributed by atoms with E-state index in [0.717, 1.165) is 28.6 Å². The fourth-order valence-electron chi connectivity index (χ4n) is 2.92. The first-order valence-electron chi connectivity index (χ1n) is 8.65. The van der Waals surface area contributed by atoms with Crippen LogP contribution in [0.3, 0.4) is 0 Å². The van der Waals surface area contributed by atoms with Crippen LogP contribution in [0.2, 0.25) is 0 Å². The Morgan fingerprint density at radius 2 is 1.75 bits per heavy atom. The fourth-order valence-corrected chi connectivity index (χ4v) is 3.72. The highest BCUT2D eigenvalue weighted by Gasteiger charge is 2.17. The molecule has 0 spiro atoms. The van der Waals surface area contributed by atoms with Crippen LogP contribution in [0, 0.1) is 13.8 Å². The molecule has 2 aromatic carbocycles. The second kappa shape index (κ2) is 8.26. The maximum Gasteiger partial charge on any atom is 0.321 e. The average molecular weight is 396 g/mol. The first-order valence-corrected chi connectivity index (χ1v) is 9.63. The summed E-state index contributed by atoms with van der Waals surface area (Å²) in [6.07, 6.45) is 0. The summed E-state index contributed by atoms with van der Waals surface area (Å²) in [5.74, 6) is -0.525. The smallest absolute Gasteiger partial charge is 0.321 e. The largest absolute Gasteiger partial charge is 0.341 e. The Bertz CT molecular complexity index is 1100. The summed E-state index contributed by atoms with van der Waals surface area (Å²) in [5.41, 5.74) is 2.97. The number of thioether (sulfide) groups is 1. The maximum atomic E-state index is 13.3. The average Bonchev–Trinajstić information content (AvgIpc) is 2.68. The topological polar surface area (TPSA) is 93.1 Å². The number of aromatic nitrogens is 2. The number of amides is 3. The maximum absolute atomic E-state index is 13.3. The highest BCUT2D eigenvalue weighted by atomic mass is 32.2. The number of carbonyl (C=O) groups is 2. The van der Waals surface area contributed by atoms with Gasteiger partial charge < -0.3 is 5.32 Å². The summed E-state index contributed by atoms with van der Waals surface area (Å²) in [5, 5.41) is 5.44. The molecule has 7 nitrogen and oxygen atoms in total. The van der Waals surface area contributed by atoms with Gasteiger partial charge in [-0.2, -0.15) is 0 Å². The zero-order valence-electron chi connectivity index (χ0n) is 15.8. The molecule has 28 heavy (non-hydrogen) atoms. The van der Waals surface area contributed by atoms with Crippen molar-refractivity contribution in [3.05, 3.63) is 63.9 Å². The van der Waals surface area contributed by atoms with Gasteiger partial charge in [0.2, 0.25) is 5.91 Å². The van der Waals surface area contributed by atoms with E-state index in [2.05, 4.69) is 15.6 Å². The van der Waals surface area contributed by atoms with Gasteiger partial charge in [0.25, 0.3) is 5.56 Å². The number of carbonyl (C=O) groups excluding carboxylic acids is 2. The normalized spacial score (nSPS) is 10.7. The van der Waals surface area contributed by atoms with Gasteiger partial charge in [0.15, 0.2) is 5.16 Å². The van der Waals surface area contributed by atoms with E-state index in [-0.39, 0.29) is 11.3 Å². The molecule has 144 valence electrons. The molecule has 0 saturated carbocycles. The zero-order chi connectivity index (χ0) is 20.3. The molecule has 0 aliphatic rings. The lowest BCUT2D eigenvalue weighted by Gasteiger charge is -2.17. The van der Waals surface area contributed by atoms with Crippen LogP contribution in [-0.2, 0) is 4.79 Å². The molecule has 0 fully saturated rings. The lowest BCUT2D eigenvalue weighted by Crippen LogP contribution is -2.38. The van der Waals surface area contributed by atoms with Crippen LogP contribution in [0.1, 0.15) is 11.1 Å². The standard InChI is InChI=1S/C20H20N4O3S/c1-12-7-6-8-13(2)17(12)24-18(26)14-9-4-5-10-15(14)22-20(24)28-11-16(25)23-19(27)21-3/h4-10H,11H2,1-3H3,(H2,21,23,25,27). The second-order valence-electron chi connectivity index (χ2n) is 6.21. The second-order valence-corrected chi connectivity index (χ2v) is 7.15. The molecule has 0 bridgehead atoms. The number of aryl methyl sites for hydroxylation is 2. The van der Waals surface area contributed by atoms with Crippen molar-refractivity contribution in [3.63, 3.8) is 0 Å². The number of nitrogens with one attached hydrogen (secondary N) is 2. The molecule has 0 unspecified atom stereocenters. The molecule has 0 atom stereocenters. The van der Waals surface area contributed by atoms with Gasteiger partial charge in [-0.3, -0.25) is 19.5 Å². The van der Waals surface area contributed by atoms with Crippen molar-refractivity contribution in [2.45, 2.75) is 19.0 Å². The van der Waals surface area contributed by atoms with Crippen LogP contribution in [0.25, 0.3) is 16.6 Å². The Morgan fingerprint density at radius 3 is 2.43 bits per heavy atom. The van der Waals surface area contributed by atoms with Gasteiger partial charge in [0.1, 0.15) is 0 Å². The summed E-state index contributed by atoms with van der Waals surface area (Å²) < 4.78 is 1.55. The van der Waals surface area contributed by atoms with Crippen LogP contribution in [0.15, 0.2) is 52.4 Å². The number of urea groups is 1. The highest BCUT2D eigenvalue weighted by molar-refractivity contribution is 7.99. The van der Waals surface area contributed by atoms with Gasteiger partial charge in [-0.05, 0) is 37.1 Å². The van der Waals surface area contributed by atoms with Crippen molar-refractivity contribution in [3.8, 4) is 5.69 Å². The van der Waals surface area contributed by atoms with Gasteiger partial charge in [-0.15, -0.1) is 0 Å². The van der Waals surface area contributed by atoms with Crippen molar-refractivity contribution in [2.24, 2.45) is 0 Å². The number of fused-ring (bicyclic) bond motifs is 1. The van der Waals surface area contributed by atoms with E-state index in [1.165, 1.54) is 7.05 Å². The quantitative estimate of drug-likeness (QED) is 0.522. The molecule has 0 aliphatic heterocycles. The third kappa shape index (κ3) is 3.91. The molecular weight excluding hydrogens is 376 g/mol. The predicted molar refractivity (Wildman–Crippen MR) is 110 cm³/mol. The number of para-hydroxylation sites is 2. The van der Waals surface area contributed by atoms with Gasteiger partial charge in [-0.1, -0.05) is 42.1 Å². The molecule has 8 heteroatoms. The van der Waals surface area contributed by atoms with E-state index >= 15 is 0 Å². The Morgan fingerprint density at radius 1 is 1.07 bits per heavy atom. The Hall–Kier alpha value is -3.13. The first-order chi connectivity index (χ1) is 13.4. The highest BCUT2D eigenvalue weighted by Crippen LogP contribution is 2.25. The van der Waals surface area contributed by atoms with Crippen LogP contribution in [0.5, 0.6) is 0 Å². The van der Waals surface area contributed by atoms with E-state index in [4.69, 9.17) is 0 Å². The molecule has 2 N–H and O–H groups in total. The number of benzene rings is 2. The Balaban J connectivity index is 2.12. The lowest BCUT2D eigenvalue weighted by atomic mass is 10.1. The summed E-state index contributed by atoms with van der Waals surface area (Å²) >= 11 is 1.11. The minimum atomic E-state index is -0.579. The van der Waals surface area contributed by atoms with E-state index < -0.39 is 11.9 Å². The molecule has 1 aromatic heterocycles. The SMILES string of the molecule is CNC(=O)NC(=O)CSc1nc2ccccc2c(=O)n1-c1c(C)cccc1C. The van der Waals surface area contributed by atoms with Crippen molar-refractivity contribution >= 4 is 34.6 Å². The van der Waals surface area contributed by atoms with Crippen LogP contribution in [0.4, 0.5) is 4.79 Å². The third-order valence-corrected chi connectivity index (χ3v) is 5.16. The van der Waals surface area contributed by atoms with E-state index in [9.17, 15) is 14.4 Å². The number of hydrogen-bond donors (Lipinski definition) is 2. The van der Waals surface area contributed by atoms with Crippen molar-refractivity contribution in [2.75, 3.05) is 12.8 Å². The molecule has 0 aliphatic carbocycles. The van der Waals surface area contributed by atoms with Gasteiger partial charge in [-0.25, -0.2) is 9.78 Å². The van der Waals surface area contributed by atoms with Gasteiger partial charge >= 0.3 is 6.03 Å². The molecule has 3 aromatic rings. The zero-order valence-corrected chi connectivity index (χ0v) is 16.6. The number of imide groups is 1. The number of hydrogen-bond acceptors (Lipinski definition) is 5. The molecule has 0 radical (unpaired) electrons. The van der Waals surface area contributed by atoms with Crippen LogP contribution < -0.4 is 16.2 Å². The summed E-state index contributed by atoms with van der Waals surface area (Å²) in [4.78, 5) is 41.2. The van der Waals surface area contributed by atoms with Crippen LogP contribution in [-0.4, -0.2) is 34.3 Å². The van der Waals surface area contributed by atoms with Crippen molar-refractivity contribution < 1.29 is 9.59 Å². The molecule has 1 heterocycles. The van der Waals surface area contributed by atoms with E-state index in [0.29, 0.717) is 16.1 Å². The minimum Gasteiger partial charge on any atom is -0.341 e. The monoisotopic (exact) mass is 396 g/mol. The van der Waals surface area contributed by atoms with E-state index in [1.54, 1.807) is 22.8 Å². The number of nitrogens with zero attached hydrogens (tertiary/aromatic N) is 2. The summed E-state index contributed by atoms with van der Waals surface area (Å²) in [6, 6.07) is 12.3. The summed E-state index contributed by atoms with van der Waals surface area (Å²) in [6.45, 7) is 3.85.